The van der Waals surface area contributed by atoms with E-state index in [-0.39, 0.29) is 29.1 Å². The van der Waals surface area contributed by atoms with E-state index in [0.717, 1.165) is 22.2 Å². The third kappa shape index (κ3) is 5.08. The number of phenolic OH excluding ortho intramolecular Hbond substituents is 1. The highest BCUT2D eigenvalue weighted by molar-refractivity contribution is 5.97. The maximum atomic E-state index is 13.6. The van der Waals surface area contributed by atoms with Gasteiger partial charge >= 0.3 is 0 Å². The minimum Gasteiger partial charge on any atom is -0.507 e. The Balaban J connectivity index is 1.75. The molecule has 1 aromatic heterocycles. The van der Waals surface area contributed by atoms with Crippen LogP contribution in [0.3, 0.4) is 0 Å². The van der Waals surface area contributed by atoms with E-state index in [1.807, 2.05) is 79.9 Å². The number of carbonyl (C=O) groups excluding carboxylic acids is 1. The number of carbonyl (C=O) groups is 1. The van der Waals surface area contributed by atoms with Crippen molar-refractivity contribution in [3.63, 3.8) is 0 Å². The van der Waals surface area contributed by atoms with Crippen molar-refractivity contribution in [1.82, 2.24) is 9.13 Å². The number of para-hydroxylation sites is 2. The van der Waals surface area contributed by atoms with Crippen molar-refractivity contribution < 1.29 is 14.6 Å². The van der Waals surface area contributed by atoms with Gasteiger partial charge < -0.3 is 19.0 Å². The van der Waals surface area contributed by atoms with Gasteiger partial charge in [0.25, 0.3) is 0 Å². The van der Waals surface area contributed by atoms with Crippen molar-refractivity contribution in [2.75, 3.05) is 13.7 Å². The van der Waals surface area contributed by atoms with Gasteiger partial charge in [-0.25, -0.2) is 0 Å². The molecule has 0 aliphatic carbocycles. The van der Waals surface area contributed by atoms with Crippen LogP contribution in [0, 0.1) is 5.41 Å². The largest absolute Gasteiger partial charge is 0.507 e. The highest BCUT2D eigenvalue weighted by Gasteiger charge is 2.24. The van der Waals surface area contributed by atoms with Gasteiger partial charge in [0.05, 0.1) is 30.7 Å². The molecule has 0 saturated carbocycles. The molecule has 0 radical (unpaired) electrons. The molecular weight excluding hydrogens is 438 g/mol. The lowest BCUT2D eigenvalue weighted by Crippen LogP contribution is -2.28. The molecule has 0 saturated heterocycles. The van der Waals surface area contributed by atoms with E-state index in [9.17, 15) is 9.90 Å². The van der Waals surface area contributed by atoms with Crippen molar-refractivity contribution in [3.05, 3.63) is 94.6 Å². The summed E-state index contributed by atoms with van der Waals surface area (Å²) in [6.07, 6.45) is 0.514. The van der Waals surface area contributed by atoms with Gasteiger partial charge in [-0.1, -0.05) is 63.2 Å². The van der Waals surface area contributed by atoms with Gasteiger partial charge in [0.2, 0.25) is 5.62 Å². The SMILES string of the molecule is COCCc1cc(C(=O)Cn2c(=N)n(Cc3ccccc3)c3ccccc32)cc(C(C)(C)C)c1O. The fraction of sp³-hybridized carbons (Fsp3) is 0.310. The molecule has 0 amide bonds. The van der Waals surface area contributed by atoms with Gasteiger partial charge in [0.1, 0.15) is 5.75 Å². The zero-order chi connectivity index (χ0) is 25.2. The van der Waals surface area contributed by atoms with Crippen molar-refractivity contribution in [3.8, 4) is 5.75 Å². The molecule has 0 atom stereocenters. The Bertz CT molecular complexity index is 1410. The van der Waals surface area contributed by atoms with Crippen molar-refractivity contribution in [2.24, 2.45) is 0 Å². The number of nitrogens with one attached hydrogen (secondary N) is 1. The lowest BCUT2D eigenvalue weighted by atomic mass is 9.83. The molecule has 182 valence electrons. The number of nitrogens with zero attached hydrogens (tertiary/aromatic N) is 2. The predicted molar refractivity (Wildman–Crippen MR) is 138 cm³/mol. The summed E-state index contributed by atoms with van der Waals surface area (Å²) in [6, 6.07) is 21.4. The van der Waals surface area contributed by atoms with Crippen molar-refractivity contribution in [1.29, 1.82) is 5.41 Å². The number of rotatable bonds is 8. The molecule has 3 aromatic carbocycles. The summed E-state index contributed by atoms with van der Waals surface area (Å²) in [6.45, 7) is 7.10. The number of imidazole rings is 1. The molecule has 6 nitrogen and oxygen atoms in total. The van der Waals surface area contributed by atoms with Crippen LogP contribution in [0.1, 0.15) is 47.8 Å². The molecule has 0 aliphatic heterocycles. The van der Waals surface area contributed by atoms with E-state index in [4.69, 9.17) is 10.1 Å². The number of hydrogen-bond donors (Lipinski definition) is 2. The number of fused-ring (bicyclic) bond motifs is 1. The van der Waals surface area contributed by atoms with E-state index in [0.29, 0.717) is 30.7 Å². The lowest BCUT2D eigenvalue weighted by molar-refractivity contribution is 0.0971. The molecule has 0 unspecified atom stereocenters. The molecule has 2 N–H and O–H groups in total. The Labute approximate surface area is 205 Å². The van der Waals surface area contributed by atoms with Crippen LogP contribution < -0.4 is 5.62 Å². The van der Waals surface area contributed by atoms with Gasteiger partial charge in [0.15, 0.2) is 5.78 Å². The summed E-state index contributed by atoms with van der Waals surface area (Å²) in [7, 11) is 1.62. The number of ketones is 1. The number of aromatic hydroxyl groups is 1. The summed E-state index contributed by atoms with van der Waals surface area (Å²) in [5.41, 5.74) is 4.76. The second-order valence-electron chi connectivity index (χ2n) is 9.92. The normalized spacial score (nSPS) is 11.8. The van der Waals surface area contributed by atoms with Crippen LogP contribution in [-0.2, 0) is 29.7 Å². The zero-order valence-electron chi connectivity index (χ0n) is 20.8. The van der Waals surface area contributed by atoms with E-state index >= 15 is 0 Å². The van der Waals surface area contributed by atoms with Crippen LogP contribution in [0.25, 0.3) is 11.0 Å². The van der Waals surface area contributed by atoms with Crippen LogP contribution in [0.5, 0.6) is 5.75 Å². The molecule has 0 aliphatic rings. The van der Waals surface area contributed by atoms with Gasteiger partial charge in [-0.3, -0.25) is 10.2 Å². The lowest BCUT2D eigenvalue weighted by Gasteiger charge is -2.23. The predicted octanol–water partition coefficient (Wildman–Crippen LogP) is 5.05. The van der Waals surface area contributed by atoms with Crippen molar-refractivity contribution in [2.45, 2.75) is 45.7 Å². The summed E-state index contributed by atoms with van der Waals surface area (Å²) >= 11 is 0. The minimum absolute atomic E-state index is 0.0409. The third-order valence-electron chi connectivity index (χ3n) is 6.35. The topological polar surface area (TPSA) is 80.2 Å². The standard InChI is InChI=1S/C29H33N3O3/c1-29(2,3)23-17-22(16-21(27(23)34)14-15-35-4)26(33)19-32-25-13-9-8-12-24(25)31(28(32)30)18-20-10-6-5-7-11-20/h5-13,16-17,30,34H,14-15,18-19H2,1-4H3. The summed E-state index contributed by atoms with van der Waals surface area (Å²) in [5.74, 6) is 0.120. The average molecular weight is 472 g/mol. The van der Waals surface area contributed by atoms with Gasteiger partial charge in [-0.2, -0.15) is 0 Å². The average Bonchev–Trinajstić information content (AvgIpc) is 3.09. The second kappa shape index (κ2) is 9.92. The van der Waals surface area contributed by atoms with E-state index < -0.39 is 0 Å². The molecule has 0 spiro atoms. The fourth-order valence-electron chi connectivity index (χ4n) is 4.45. The molecule has 35 heavy (non-hydrogen) atoms. The first-order chi connectivity index (χ1) is 16.7. The molecule has 0 fully saturated rings. The minimum atomic E-state index is -0.332. The second-order valence-corrected chi connectivity index (χ2v) is 9.92. The van der Waals surface area contributed by atoms with Crippen molar-refractivity contribution >= 4 is 16.8 Å². The summed E-state index contributed by atoms with van der Waals surface area (Å²) < 4.78 is 8.90. The van der Waals surface area contributed by atoms with Gasteiger partial charge in [-0.05, 0) is 47.2 Å². The maximum absolute atomic E-state index is 13.6. The number of hydrogen-bond acceptors (Lipinski definition) is 4. The summed E-state index contributed by atoms with van der Waals surface area (Å²) in [4.78, 5) is 13.6. The number of Topliss-reactive ketones (excluding diaryl/α,β-unsaturated/α-hetero) is 1. The highest BCUT2D eigenvalue weighted by Crippen LogP contribution is 2.35. The van der Waals surface area contributed by atoms with Gasteiger partial charge in [-0.15, -0.1) is 0 Å². The first kappa shape index (κ1) is 24.5. The smallest absolute Gasteiger partial charge is 0.203 e. The molecule has 1 heterocycles. The molecule has 4 rings (SSSR count). The Hall–Kier alpha value is -3.64. The molecule has 4 aromatic rings. The highest BCUT2D eigenvalue weighted by atomic mass is 16.5. The number of methoxy groups -OCH3 is 1. The number of aromatic nitrogens is 2. The third-order valence-corrected chi connectivity index (χ3v) is 6.35. The van der Waals surface area contributed by atoms with Crippen LogP contribution >= 0.6 is 0 Å². The van der Waals surface area contributed by atoms with Crippen LogP contribution in [0.2, 0.25) is 0 Å². The summed E-state index contributed by atoms with van der Waals surface area (Å²) in [5, 5.41) is 19.8. The Morgan fingerprint density at radius 2 is 1.60 bits per heavy atom. The maximum Gasteiger partial charge on any atom is 0.203 e. The Kier molecular flexibility index (Phi) is 6.94. The van der Waals surface area contributed by atoms with Crippen LogP contribution in [0.4, 0.5) is 0 Å². The number of ether oxygens (including phenoxy) is 1. The number of benzene rings is 3. The molecular formula is C29H33N3O3. The van der Waals surface area contributed by atoms with Gasteiger partial charge in [0, 0.05) is 18.2 Å². The fourth-order valence-corrected chi connectivity index (χ4v) is 4.45. The van der Waals surface area contributed by atoms with E-state index in [1.165, 1.54) is 0 Å². The van der Waals surface area contributed by atoms with Crippen LogP contribution in [0.15, 0.2) is 66.7 Å². The number of phenols is 1. The Morgan fingerprint density at radius 3 is 2.23 bits per heavy atom. The first-order valence-corrected chi connectivity index (χ1v) is 11.9. The zero-order valence-corrected chi connectivity index (χ0v) is 20.8. The van der Waals surface area contributed by atoms with E-state index in [1.54, 1.807) is 23.8 Å². The Morgan fingerprint density at radius 1 is 0.971 bits per heavy atom. The monoisotopic (exact) mass is 471 g/mol. The molecule has 0 bridgehead atoms. The van der Waals surface area contributed by atoms with Crippen LogP contribution in [-0.4, -0.2) is 33.7 Å². The van der Waals surface area contributed by atoms with E-state index in [2.05, 4.69) is 0 Å². The quantitative estimate of drug-likeness (QED) is 0.353. The molecule has 6 heteroatoms. The first-order valence-electron chi connectivity index (χ1n) is 11.9.